The third kappa shape index (κ3) is 5.18. The van der Waals surface area contributed by atoms with Crippen LogP contribution in [0.3, 0.4) is 0 Å². The summed E-state index contributed by atoms with van der Waals surface area (Å²) in [5.41, 5.74) is 1.87. The Morgan fingerprint density at radius 2 is 1.62 bits per heavy atom. The highest BCUT2D eigenvalue weighted by molar-refractivity contribution is 7.92. The predicted octanol–water partition coefficient (Wildman–Crippen LogP) is 4.66. The average molecular weight is 415 g/mol. The topological polar surface area (TPSA) is 66.5 Å². The van der Waals surface area contributed by atoms with E-state index in [2.05, 4.69) is 5.32 Å². The zero-order valence-electron chi connectivity index (χ0n) is 17.2. The summed E-state index contributed by atoms with van der Waals surface area (Å²) in [5.74, 6) is -0.203. The number of rotatable bonds is 5. The first-order valence-corrected chi connectivity index (χ1v) is 11.8. The third-order valence-corrected chi connectivity index (χ3v) is 7.42. The Labute approximate surface area is 174 Å². The molecule has 5 nitrogen and oxygen atoms in total. The van der Waals surface area contributed by atoms with Crippen molar-refractivity contribution in [3.05, 3.63) is 59.7 Å². The summed E-state index contributed by atoms with van der Waals surface area (Å²) in [7, 11) is -2.22. The van der Waals surface area contributed by atoms with E-state index in [9.17, 15) is 13.2 Å². The lowest BCUT2D eigenvalue weighted by Crippen LogP contribution is -2.35. The van der Waals surface area contributed by atoms with E-state index in [1.165, 1.54) is 35.7 Å². The molecule has 0 atom stereocenters. The van der Waals surface area contributed by atoms with Gasteiger partial charge in [-0.05, 0) is 49.6 Å². The zero-order valence-corrected chi connectivity index (χ0v) is 18.0. The summed E-state index contributed by atoms with van der Waals surface area (Å²) < 4.78 is 27.5. The quantitative estimate of drug-likeness (QED) is 0.774. The summed E-state index contributed by atoms with van der Waals surface area (Å²) in [5, 5.41) is 3.10. The van der Waals surface area contributed by atoms with Crippen molar-refractivity contribution in [2.24, 2.45) is 0 Å². The van der Waals surface area contributed by atoms with Gasteiger partial charge in [0.15, 0.2) is 0 Å². The molecule has 1 amide bonds. The van der Waals surface area contributed by atoms with Crippen molar-refractivity contribution in [2.45, 2.75) is 62.8 Å². The molecule has 0 bridgehead atoms. The van der Waals surface area contributed by atoms with Gasteiger partial charge in [-0.15, -0.1) is 0 Å². The number of hydrogen-bond donors (Lipinski definition) is 1. The molecule has 0 heterocycles. The molecule has 0 aromatic heterocycles. The number of carbonyl (C=O) groups excluding carboxylic acids is 1. The Hall–Kier alpha value is -2.34. The van der Waals surface area contributed by atoms with Crippen LogP contribution in [-0.2, 0) is 10.0 Å². The number of hydrogen-bond acceptors (Lipinski definition) is 3. The minimum Gasteiger partial charge on any atom is -0.349 e. The number of anilines is 1. The molecule has 1 saturated carbocycles. The van der Waals surface area contributed by atoms with Gasteiger partial charge < -0.3 is 5.32 Å². The van der Waals surface area contributed by atoms with Crippen LogP contribution in [0.15, 0.2) is 53.4 Å². The molecule has 0 spiro atoms. The summed E-state index contributed by atoms with van der Waals surface area (Å²) >= 11 is 0. The van der Waals surface area contributed by atoms with Gasteiger partial charge in [0.1, 0.15) is 0 Å². The summed E-state index contributed by atoms with van der Waals surface area (Å²) in [6.45, 7) is 1.88. The van der Waals surface area contributed by atoms with Crippen molar-refractivity contribution in [3.8, 4) is 0 Å². The van der Waals surface area contributed by atoms with Gasteiger partial charge in [-0.3, -0.25) is 9.10 Å². The molecular weight excluding hydrogens is 384 g/mol. The maximum atomic E-state index is 13.1. The summed E-state index contributed by atoms with van der Waals surface area (Å²) in [6, 6.07) is 13.8. The van der Waals surface area contributed by atoms with Crippen molar-refractivity contribution >= 4 is 21.6 Å². The monoisotopic (exact) mass is 414 g/mol. The van der Waals surface area contributed by atoms with Crippen LogP contribution in [0.4, 0.5) is 5.69 Å². The molecule has 0 radical (unpaired) electrons. The first-order valence-electron chi connectivity index (χ1n) is 10.3. The van der Waals surface area contributed by atoms with Crippen LogP contribution in [-0.4, -0.2) is 27.4 Å². The highest BCUT2D eigenvalue weighted by Gasteiger charge is 2.24. The van der Waals surface area contributed by atoms with Gasteiger partial charge in [-0.1, -0.05) is 56.4 Å². The SMILES string of the molecule is Cc1ccccc1N(C)S(=O)(=O)c1cccc(C(=O)NC2CCCCCCC2)c1. The fourth-order valence-electron chi connectivity index (χ4n) is 3.87. The normalized spacial score (nSPS) is 15.9. The van der Waals surface area contributed by atoms with Crippen LogP contribution in [0.2, 0.25) is 0 Å². The predicted molar refractivity (Wildman–Crippen MR) is 117 cm³/mol. The summed E-state index contributed by atoms with van der Waals surface area (Å²) in [4.78, 5) is 12.9. The van der Waals surface area contributed by atoms with E-state index >= 15 is 0 Å². The first-order chi connectivity index (χ1) is 13.9. The average Bonchev–Trinajstić information content (AvgIpc) is 2.69. The number of sulfonamides is 1. The van der Waals surface area contributed by atoms with E-state index in [-0.39, 0.29) is 16.8 Å². The second-order valence-electron chi connectivity index (χ2n) is 7.80. The zero-order chi connectivity index (χ0) is 20.9. The van der Waals surface area contributed by atoms with Crippen LogP contribution < -0.4 is 9.62 Å². The number of aryl methyl sites for hydroxylation is 1. The van der Waals surface area contributed by atoms with Gasteiger partial charge in [-0.2, -0.15) is 0 Å². The number of amides is 1. The van der Waals surface area contributed by atoms with E-state index in [0.29, 0.717) is 11.3 Å². The minimum absolute atomic E-state index is 0.119. The third-order valence-electron chi connectivity index (χ3n) is 5.65. The Balaban J connectivity index is 1.79. The number of para-hydroxylation sites is 1. The number of nitrogens with zero attached hydrogens (tertiary/aromatic N) is 1. The fraction of sp³-hybridized carbons (Fsp3) is 0.435. The lowest BCUT2D eigenvalue weighted by Gasteiger charge is -2.22. The van der Waals surface area contributed by atoms with Gasteiger partial charge >= 0.3 is 0 Å². The van der Waals surface area contributed by atoms with Gasteiger partial charge in [0.2, 0.25) is 0 Å². The summed E-state index contributed by atoms with van der Waals surface area (Å²) in [6.07, 6.45) is 7.92. The lowest BCUT2D eigenvalue weighted by atomic mass is 9.96. The Kier molecular flexibility index (Phi) is 6.96. The molecule has 1 aliphatic carbocycles. The minimum atomic E-state index is -3.76. The second kappa shape index (κ2) is 9.44. The van der Waals surface area contributed by atoms with Crippen molar-refractivity contribution in [3.63, 3.8) is 0 Å². The molecule has 29 heavy (non-hydrogen) atoms. The molecule has 2 aromatic carbocycles. The van der Waals surface area contributed by atoms with Crippen LogP contribution in [0.1, 0.15) is 60.9 Å². The lowest BCUT2D eigenvalue weighted by molar-refractivity contribution is 0.0930. The highest BCUT2D eigenvalue weighted by Crippen LogP contribution is 2.25. The Morgan fingerprint density at radius 1 is 0.966 bits per heavy atom. The standard InChI is InChI=1S/C23H30N2O3S/c1-18-11-8-9-16-22(18)25(2)29(27,28)21-15-10-12-19(17-21)23(26)24-20-13-6-4-3-5-7-14-20/h8-12,15-17,20H,3-7,13-14H2,1-2H3,(H,24,26). The molecule has 1 aliphatic rings. The van der Waals surface area contributed by atoms with Crippen LogP contribution in [0.5, 0.6) is 0 Å². The van der Waals surface area contributed by atoms with Crippen molar-refractivity contribution in [1.82, 2.24) is 5.32 Å². The largest absolute Gasteiger partial charge is 0.349 e. The smallest absolute Gasteiger partial charge is 0.264 e. The van der Waals surface area contributed by atoms with Crippen molar-refractivity contribution in [1.29, 1.82) is 0 Å². The molecule has 156 valence electrons. The fourth-order valence-corrected chi connectivity index (χ4v) is 5.18. The van der Waals surface area contributed by atoms with E-state index in [1.807, 2.05) is 25.1 Å². The van der Waals surface area contributed by atoms with Crippen LogP contribution >= 0.6 is 0 Å². The van der Waals surface area contributed by atoms with Crippen LogP contribution in [0.25, 0.3) is 0 Å². The van der Waals surface area contributed by atoms with Crippen molar-refractivity contribution in [2.75, 3.05) is 11.4 Å². The molecule has 0 aliphatic heterocycles. The number of carbonyl (C=O) groups is 1. The van der Waals surface area contributed by atoms with Gasteiger partial charge in [0.05, 0.1) is 10.6 Å². The maximum absolute atomic E-state index is 13.1. The van der Waals surface area contributed by atoms with E-state index in [4.69, 9.17) is 0 Å². The number of benzene rings is 2. The maximum Gasteiger partial charge on any atom is 0.264 e. The van der Waals surface area contributed by atoms with E-state index in [0.717, 1.165) is 31.2 Å². The van der Waals surface area contributed by atoms with Crippen molar-refractivity contribution < 1.29 is 13.2 Å². The molecule has 1 fully saturated rings. The first kappa shape index (κ1) is 21.4. The van der Waals surface area contributed by atoms with Crippen LogP contribution in [0, 0.1) is 6.92 Å². The second-order valence-corrected chi connectivity index (χ2v) is 9.77. The molecule has 0 saturated heterocycles. The molecule has 0 unspecified atom stereocenters. The van der Waals surface area contributed by atoms with E-state index < -0.39 is 10.0 Å². The molecule has 3 rings (SSSR count). The van der Waals surface area contributed by atoms with Gasteiger partial charge in [0.25, 0.3) is 15.9 Å². The Morgan fingerprint density at radius 3 is 2.31 bits per heavy atom. The number of nitrogens with one attached hydrogen (secondary N) is 1. The Bertz CT molecular complexity index is 948. The molecule has 6 heteroatoms. The highest BCUT2D eigenvalue weighted by atomic mass is 32.2. The molecule has 1 N–H and O–H groups in total. The van der Waals surface area contributed by atoms with Gasteiger partial charge in [0, 0.05) is 18.7 Å². The van der Waals surface area contributed by atoms with E-state index in [1.54, 1.807) is 25.2 Å². The molecule has 2 aromatic rings. The van der Waals surface area contributed by atoms with Gasteiger partial charge in [-0.25, -0.2) is 8.42 Å². The molecular formula is C23H30N2O3S.